The van der Waals surface area contributed by atoms with E-state index in [0.717, 1.165) is 180 Å². The maximum atomic E-state index is 12.9. The molecule has 0 saturated heterocycles. The van der Waals surface area contributed by atoms with E-state index in [1.807, 2.05) is 21.1 Å². The number of hydrogen-bond donors (Lipinski definition) is 1. The van der Waals surface area contributed by atoms with Crippen LogP contribution in [0, 0.1) is 0 Å². The van der Waals surface area contributed by atoms with Gasteiger partial charge in [-0.3, -0.25) is 9.59 Å². The van der Waals surface area contributed by atoms with Crippen LogP contribution in [0.5, 0.6) is 0 Å². The molecule has 0 amide bonds. The molecule has 0 aromatic carbocycles. The molecule has 0 heterocycles. The Hall–Kier alpha value is -6.13. The summed E-state index contributed by atoms with van der Waals surface area (Å²) in [6, 6.07) is 0. The Morgan fingerprint density at radius 3 is 0.899 bits per heavy atom. The lowest BCUT2D eigenvalue weighted by molar-refractivity contribution is -0.870. The van der Waals surface area contributed by atoms with Crippen LogP contribution in [0.1, 0.15) is 219 Å². The summed E-state index contributed by atoms with van der Waals surface area (Å²) in [6.07, 6.45) is 103. The lowest BCUT2D eigenvalue weighted by Gasteiger charge is -2.25. The first kappa shape index (κ1) is 82.9. The van der Waals surface area contributed by atoms with Gasteiger partial charge in [0.2, 0.25) is 0 Å². The van der Waals surface area contributed by atoms with E-state index in [0.29, 0.717) is 23.9 Å². The SMILES string of the molecule is CC/C=C\C/C=C\C/C=C\C/C=C\C/C=C\C/C=C\C/C=C\C/C=C\C/C=C\C/C=C\CCCCCCCCC(=O)OC(COC(=O)CCCCCCC/C=C\C/C=C\C/C=C\C/C=C\C/C=C\C/C=C\C/C=C\CC)COC(OCC[N+](C)(C)C)C(=O)O. The molecule has 89 heavy (non-hydrogen) atoms. The molecule has 0 rings (SSSR count). The number of esters is 2. The highest BCUT2D eigenvalue weighted by Gasteiger charge is 2.25. The summed E-state index contributed by atoms with van der Waals surface area (Å²) in [5.74, 6) is -2.08. The van der Waals surface area contributed by atoms with Crippen LogP contribution >= 0.6 is 0 Å². The summed E-state index contributed by atoms with van der Waals surface area (Å²) < 4.78 is 22.9. The lowest BCUT2D eigenvalue weighted by Crippen LogP contribution is -2.40. The van der Waals surface area contributed by atoms with Gasteiger partial charge in [-0.2, -0.15) is 0 Å². The van der Waals surface area contributed by atoms with E-state index in [9.17, 15) is 19.5 Å². The zero-order chi connectivity index (χ0) is 64.7. The van der Waals surface area contributed by atoms with Crippen molar-refractivity contribution in [2.45, 2.75) is 232 Å². The first-order valence-electron chi connectivity index (χ1n) is 34.2. The van der Waals surface area contributed by atoms with Crippen LogP contribution in [0.15, 0.2) is 207 Å². The molecule has 0 bridgehead atoms. The molecule has 1 N–H and O–H groups in total. The van der Waals surface area contributed by atoms with Crippen molar-refractivity contribution in [2.24, 2.45) is 0 Å². The second kappa shape index (κ2) is 67.8. The van der Waals surface area contributed by atoms with Crippen LogP contribution in [0.4, 0.5) is 0 Å². The van der Waals surface area contributed by atoms with Gasteiger partial charge in [-0.1, -0.05) is 265 Å². The zero-order valence-electron chi connectivity index (χ0n) is 56.5. The van der Waals surface area contributed by atoms with Crippen LogP contribution in [-0.4, -0.2) is 87.4 Å². The number of carboxylic acids is 1. The number of unbranched alkanes of at least 4 members (excludes halogenated alkanes) is 11. The Labute approximate surface area is 544 Å². The number of aliphatic carboxylic acids is 1. The van der Waals surface area contributed by atoms with Crippen LogP contribution < -0.4 is 0 Å². The van der Waals surface area contributed by atoms with Crippen molar-refractivity contribution >= 4 is 17.9 Å². The van der Waals surface area contributed by atoms with Crippen LogP contribution in [0.25, 0.3) is 0 Å². The number of likely N-dealkylation sites (N-methyl/N-ethyl adjacent to an activating group) is 1. The van der Waals surface area contributed by atoms with Gasteiger partial charge >= 0.3 is 17.9 Å². The highest BCUT2D eigenvalue weighted by Crippen LogP contribution is 2.13. The molecule has 0 saturated carbocycles. The van der Waals surface area contributed by atoms with Gasteiger partial charge in [0.1, 0.15) is 13.2 Å². The van der Waals surface area contributed by atoms with Gasteiger partial charge in [0, 0.05) is 12.8 Å². The van der Waals surface area contributed by atoms with Crippen LogP contribution in [0.2, 0.25) is 0 Å². The van der Waals surface area contributed by atoms with Crippen molar-refractivity contribution in [3.63, 3.8) is 0 Å². The predicted molar refractivity (Wildman–Crippen MR) is 382 cm³/mol. The van der Waals surface area contributed by atoms with E-state index < -0.39 is 24.3 Å². The molecule has 0 fully saturated rings. The van der Waals surface area contributed by atoms with Crippen molar-refractivity contribution in [3.8, 4) is 0 Å². The van der Waals surface area contributed by atoms with Crippen molar-refractivity contribution < 1.29 is 42.9 Å². The molecule has 9 heteroatoms. The van der Waals surface area contributed by atoms with Crippen LogP contribution in [0.3, 0.4) is 0 Å². The predicted octanol–water partition coefficient (Wildman–Crippen LogP) is 21.6. The van der Waals surface area contributed by atoms with Gasteiger partial charge in [0.25, 0.3) is 6.29 Å². The third kappa shape index (κ3) is 69.2. The number of allylic oxidation sites excluding steroid dienone is 34. The minimum absolute atomic E-state index is 0.168. The molecular weight excluding hydrogens is 1100 g/mol. The molecule has 9 nitrogen and oxygen atoms in total. The van der Waals surface area contributed by atoms with Gasteiger partial charge in [0.15, 0.2) is 6.10 Å². The quantitative estimate of drug-likeness (QED) is 0.0211. The lowest BCUT2D eigenvalue weighted by atomic mass is 10.1. The molecule has 0 radical (unpaired) electrons. The summed E-state index contributed by atoms with van der Waals surface area (Å²) in [6.45, 7) is 4.57. The number of carboxylic acid groups (broad SMARTS) is 1. The second-order valence-corrected chi connectivity index (χ2v) is 23.0. The summed E-state index contributed by atoms with van der Waals surface area (Å²) in [5.41, 5.74) is 0. The van der Waals surface area contributed by atoms with Crippen LogP contribution in [-0.2, 0) is 33.3 Å². The molecule has 0 aromatic heterocycles. The van der Waals surface area contributed by atoms with Crippen molar-refractivity contribution in [2.75, 3.05) is 47.5 Å². The zero-order valence-corrected chi connectivity index (χ0v) is 56.5. The van der Waals surface area contributed by atoms with Gasteiger partial charge < -0.3 is 28.5 Å². The maximum absolute atomic E-state index is 12.9. The summed E-state index contributed by atoms with van der Waals surface area (Å²) in [4.78, 5) is 37.6. The highest BCUT2D eigenvalue weighted by atomic mass is 16.7. The average Bonchev–Trinajstić information content (AvgIpc) is 3.70. The molecule has 2 atom stereocenters. The second-order valence-electron chi connectivity index (χ2n) is 23.0. The van der Waals surface area contributed by atoms with E-state index in [2.05, 4.69) is 220 Å². The Bertz CT molecular complexity index is 2210. The summed E-state index contributed by atoms with van der Waals surface area (Å²) in [5, 5.41) is 9.74. The number of carbonyl (C=O) groups is 3. The molecular formula is C80H124NO8+. The number of carbonyl (C=O) groups excluding carboxylic acids is 2. The van der Waals surface area contributed by atoms with E-state index in [4.69, 9.17) is 18.9 Å². The largest absolute Gasteiger partial charge is 0.477 e. The van der Waals surface area contributed by atoms with E-state index in [-0.39, 0.29) is 38.6 Å². The fourth-order valence-corrected chi connectivity index (χ4v) is 8.37. The van der Waals surface area contributed by atoms with E-state index in [1.165, 1.54) is 0 Å². The molecule has 0 aliphatic carbocycles. The third-order valence-corrected chi connectivity index (χ3v) is 13.5. The minimum Gasteiger partial charge on any atom is -0.477 e. The summed E-state index contributed by atoms with van der Waals surface area (Å²) in [7, 11) is 5.94. The standard InChI is InChI=1S/C80H123NO8/c1-6-8-10-12-14-16-18-20-22-24-26-28-30-32-34-35-36-37-38-39-40-41-42-43-45-47-49-51-53-55-57-59-61-63-65-67-69-71-78(83)89-76(75-88-80(79(84)85)86-73-72-81(3,4)5)74-87-77(82)70-68-66-64-62-60-58-56-54-52-50-48-46-44-33-31-29-27-25-23-21-19-17-15-13-11-9-7-2/h8-11,14-17,20-23,26-29,32-34,36-37,39-40,42-44,47-50,53-56,76,80H,6-7,12-13,18-19,24-25,30-31,35,38,41,45-46,51-52,57-75H2,1-5H3/p+1/b10-8-,11-9-,16-14-,17-15-,22-20-,23-21-,28-26-,29-27-,34-32-,37-36-,40-39-,43-42-,44-33-,49-47-,50-48-,55-53-,56-54-. The average molecular weight is 1230 g/mol. The van der Waals surface area contributed by atoms with Crippen molar-refractivity contribution in [1.82, 2.24) is 0 Å². The molecule has 2 unspecified atom stereocenters. The topological polar surface area (TPSA) is 108 Å². The minimum atomic E-state index is -1.54. The monoisotopic (exact) mass is 1230 g/mol. The van der Waals surface area contributed by atoms with Gasteiger partial charge in [-0.15, -0.1) is 0 Å². The molecule has 0 aliphatic heterocycles. The van der Waals surface area contributed by atoms with Gasteiger partial charge in [-0.25, -0.2) is 4.79 Å². The summed E-state index contributed by atoms with van der Waals surface area (Å²) >= 11 is 0. The maximum Gasteiger partial charge on any atom is 0.361 e. The number of rotatable bonds is 60. The Morgan fingerprint density at radius 2 is 0.607 bits per heavy atom. The van der Waals surface area contributed by atoms with Crippen molar-refractivity contribution in [1.29, 1.82) is 0 Å². The Balaban J connectivity index is 4.31. The number of quaternary nitrogens is 1. The molecule has 496 valence electrons. The Kier molecular flexibility index (Phi) is 63.1. The first-order valence-corrected chi connectivity index (χ1v) is 34.2. The normalized spacial score (nSPS) is 14.0. The molecule has 0 aromatic rings. The number of hydrogen-bond acceptors (Lipinski definition) is 7. The number of nitrogens with zero attached hydrogens (tertiary/aromatic N) is 1. The molecule has 0 aliphatic rings. The third-order valence-electron chi connectivity index (χ3n) is 13.5. The fourth-order valence-electron chi connectivity index (χ4n) is 8.37. The number of ether oxygens (including phenoxy) is 4. The Morgan fingerprint density at radius 1 is 0.337 bits per heavy atom. The molecule has 0 spiro atoms. The van der Waals surface area contributed by atoms with Gasteiger partial charge in [-0.05, 0) is 148 Å². The van der Waals surface area contributed by atoms with E-state index in [1.54, 1.807) is 0 Å². The van der Waals surface area contributed by atoms with Gasteiger partial charge in [0.05, 0.1) is 34.4 Å². The smallest absolute Gasteiger partial charge is 0.361 e. The van der Waals surface area contributed by atoms with Crippen molar-refractivity contribution in [3.05, 3.63) is 207 Å². The fraction of sp³-hybridized carbons (Fsp3) is 0.537. The first-order chi connectivity index (χ1) is 43.6. The van der Waals surface area contributed by atoms with E-state index >= 15 is 0 Å². The highest BCUT2D eigenvalue weighted by molar-refractivity contribution is 5.71.